The zero-order valence-electron chi connectivity index (χ0n) is 9.91. The lowest BCUT2D eigenvalue weighted by Gasteiger charge is -2.31. The molecule has 2 unspecified atom stereocenters. The Balaban J connectivity index is 1.88. The molecule has 1 aromatic heterocycles. The summed E-state index contributed by atoms with van der Waals surface area (Å²) in [5, 5.41) is 15.8. The van der Waals surface area contributed by atoms with Crippen LogP contribution < -0.4 is 5.32 Å². The molecule has 0 spiro atoms. The Bertz CT molecular complexity index is 361. The third-order valence-corrected chi connectivity index (χ3v) is 4.56. The Hall–Kier alpha value is 0.0600. The van der Waals surface area contributed by atoms with E-state index in [2.05, 4.69) is 27.3 Å². The predicted molar refractivity (Wildman–Crippen MR) is 73.6 cm³/mol. The molecule has 0 aromatic carbocycles. The first-order chi connectivity index (χ1) is 8.05. The molecule has 2 rings (SSSR count). The SMILES string of the molecule is CC(O)(Cc1cc(Br)cs1)CC1COCCN1. The molecule has 1 aliphatic rings. The maximum Gasteiger partial charge on any atom is 0.0683 e. The van der Waals surface area contributed by atoms with E-state index in [4.69, 9.17) is 4.74 Å². The summed E-state index contributed by atoms with van der Waals surface area (Å²) in [6.45, 7) is 4.25. The zero-order chi connectivity index (χ0) is 12.3. The molecular formula is C12H18BrNO2S. The van der Waals surface area contributed by atoms with Crippen molar-refractivity contribution in [1.82, 2.24) is 5.32 Å². The quantitative estimate of drug-likeness (QED) is 0.893. The summed E-state index contributed by atoms with van der Waals surface area (Å²) < 4.78 is 6.49. The number of thiophene rings is 1. The highest BCUT2D eigenvalue weighted by Crippen LogP contribution is 2.26. The first-order valence-corrected chi connectivity index (χ1v) is 7.49. The number of ether oxygens (including phenoxy) is 1. The van der Waals surface area contributed by atoms with Crippen LogP contribution in [-0.2, 0) is 11.2 Å². The largest absolute Gasteiger partial charge is 0.390 e. The maximum atomic E-state index is 10.4. The molecule has 2 atom stereocenters. The van der Waals surface area contributed by atoms with Gasteiger partial charge in [-0.15, -0.1) is 11.3 Å². The Morgan fingerprint density at radius 3 is 3.12 bits per heavy atom. The Kier molecular flexibility index (Phi) is 4.60. The second-order valence-electron chi connectivity index (χ2n) is 4.84. The molecule has 17 heavy (non-hydrogen) atoms. The number of halogens is 1. The summed E-state index contributed by atoms with van der Waals surface area (Å²) >= 11 is 5.11. The summed E-state index contributed by atoms with van der Waals surface area (Å²) in [5.41, 5.74) is -0.678. The first kappa shape index (κ1) is 13.5. The molecule has 1 aliphatic heterocycles. The fourth-order valence-electron chi connectivity index (χ4n) is 2.18. The molecular weight excluding hydrogens is 302 g/mol. The minimum Gasteiger partial charge on any atom is -0.390 e. The molecule has 0 bridgehead atoms. The second kappa shape index (κ2) is 5.80. The standard InChI is InChI=1S/C12H18BrNO2S/c1-12(15,5-10-7-16-3-2-14-10)6-11-4-9(13)8-17-11/h4,8,10,14-15H,2-3,5-7H2,1H3. The highest BCUT2D eigenvalue weighted by Gasteiger charge is 2.27. The molecule has 3 nitrogen and oxygen atoms in total. The third-order valence-electron chi connectivity index (χ3n) is 2.86. The molecule has 0 radical (unpaired) electrons. The fraction of sp³-hybridized carbons (Fsp3) is 0.667. The van der Waals surface area contributed by atoms with Crippen molar-refractivity contribution in [3.8, 4) is 0 Å². The topological polar surface area (TPSA) is 41.5 Å². The molecule has 96 valence electrons. The average Bonchev–Trinajstić information content (AvgIpc) is 2.63. The second-order valence-corrected chi connectivity index (χ2v) is 6.75. The molecule has 5 heteroatoms. The number of morpholine rings is 1. The van der Waals surface area contributed by atoms with E-state index in [-0.39, 0.29) is 6.04 Å². The molecule has 1 fully saturated rings. The number of aliphatic hydroxyl groups is 1. The summed E-state index contributed by atoms with van der Waals surface area (Å²) in [5.74, 6) is 0. The van der Waals surface area contributed by atoms with Crippen LogP contribution >= 0.6 is 27.3 Å². The van der Waals surface area contributed by atoms with Crippen molar-refractivity contribution in [3.05, 3.63) is 20.8 Å². The molecule has 1 aromatic rings. The minimum absolute atomic E-state index is 0.266. The van der Waals surface area contributed by atoms with Gasteiger partial charge in [-0.05, 0) is 35.3 Å². The normalized spacial score (nSPS) is 24.5. The Labute approximate surface area is 114 Å². The van der Waals surface area contributed by atoms with Crippen molar-refractivity contribution in [2.24, 2.45) is 0 Å². The van der Waals surface area contributed by atoms with Crippen LogP contribution in [0.1, 0.15) is 18.2 Å². The first-order valence-electron chi connectivity index (χ1n) is 5.82. The van der Waals surface area contributed by atoms with Crippen LogP contribution in [0.15, 0.2) is 15.9 Å². The fourth-order valence-corrected chi connectivity index (χ4v) is 3.81. The van der Waals surface area contributed by atoms with E-state index in [0.717, 1.165) is 24.0 Å². The van der Waals surface area contributed by atoms with E-state index in [0.29, 0.717) is 13.0 Å². The third kappa shape index (κ3) is 4.34. The van der Waals surface area contributed by atoms with Gasteiger partial charge in [0, 0.05) is 33.7 Å². The van der Waals surface area contributed by atoms with Gasteiger partial charge in [-0.25, -0.2) is 0 Å². The lowest BCUT2D eigenvalue weighted by atomic mass is 9.92. The molecule has 0 saturated carbocycles. The van der Waals surface area contributed by atoms with Crippen LogP contribution in [0.2, 0.25) is 0 Å². The van der Waals surface area contributed by atoms with E-state index in [1.165, 1.54) is 4.88 Å². The highest BCUT2D eigenvalue weighted by atomic mass is 79.9. The van der Waals surface area contributed by atoms with Gasteiger partial charge < -0.3 is 15.2 Å². The number of nitrogens with one attached hydrogen (secondary N) is 1. The van der Waals surface area contributed by atoms with E-state index in [1.54, 1.807) is 11.3 Å². The van der Waals surface area contributed by atoms with Gasteiger partial charge in [-0.3, -0.25) is 0 Å². The van der Waals surface area contributed by atoms with Gasteiger partial charge in [0.05, 0.1) is 18.8 Å². The molecule has 2 N–H and O–H groups in total. The van der Waals surface area contributed by atoms with Crippen LogP contribution in [0.4, 0.5) is 0 Å². The van der Waals surface area contributed by atoms with Crippen LogP contribution in [0.25, 0.3) is 0 Å². The number of hydrogen-bond donors (Lipinski definition) is 2. The lowest BCUT2D eigenvalue weighted by molar-refractivity contribution is 0.00696. The summed E-state index contributed by atoms with van der Waals surface area (Å²) in [7, 11) is 0. The number of hydrogen-bond acceptors (Lipinski definition) is 4. The van der Waals surface area contributed by atoms with Crippen molar-refractivity contribution in [3.63, 3.8) is 0 Å². The lowest BCUT2D eigenvalue weighted by Crippen LogP contribution is -2.46. The van der Waals surface area contributed by atoms with Gasteiger partial charge in [0.2, 0.25) is 0 Å². The number of rotatable bonds is 4. The van der Waals surface area contributed by atoms with E-state index < -0.39 is 5.60 Å². The van der Waals surface area contributed by atoms with Crippen molar-refractivity contribution in [2.75, 3.05) is 19.8 Å². The summed E-state index contributed by atoms with van der Waals surface area (Å²) in [4.78, 5) is 1.21. The van der Waals surface area contributed by atoms with Gasteiger partial charge in [0.1, 0.15) is 0 Å². The monoisotopic (exact) mass is 319 g/mol. The van der Waals surface area contributed by atoms with Crippen molar-refractivity contribution in [2.45, 2.75) is 31.4 Å². The van der Waals surface area contributed by atoms with Crippen molar-refractivity contribution >= 4 is 27.3 Å². The van der Waals surface area contributed by atoms with E-state index in [9.17, 15) is 5.11 Å². The van der Waals surface area contributed by atoms with Gasteiger partial charge in [0.25, 0.3) is 0 Å². The van der Waals surface area contributed by atoms with Gasteiger partial charge in [-0.2, -0.15) is 0 Å². The van der Waals surface area contributed by atoms with Crippen molar-refractivity contribution < 1.29 is 9.84 Å². The van der Waals surface area contributed by atoms with Gasteiger partial charge >= 0.3 is 0 Å². The maximum absolute atomic E-state index is 10.4. The summed E-state index contributed by atoms with van der Waals surface area (Å²) in [6, 6.07) is 2.34. The smallest absolute Gasteiger partial charge is 0.0683 e. The zero-order valence-corrected chi connectivity index (χ0v) is 12.3. The summed E-state index contributed by atoms with van der Waals surface area (Å²) in [6.07, 6.45) is 1.42. The molecule has 1 saturated heterocycles. The van der Waals surface area contributed by atoms with E-state index >= 15 is 0 Å². The van der Waals surface area contributed by atoms with Crippen molar-refractivity contribution in [1.29, 1.82) is 0 Å². The molecule has 0 amide bonds. The van der Waals surface area contributed by atoms with Crippen LogP contribution in [0, 0.1) is 0 Å². The Morgan fingerprint density at radius 2 is 2.53 bits per heavy atom. The highest BCUT2D eigenvalue weighted by molar-refractivity contribution is 9.10. The van der Waals surface area contributed by atoms with Gasteiger partial charge in [-0.1, -0.05) is 0 Å². The predicted octanol–water partition coefficient (Wildman–Crippen LogP) is 2.18. The Morgan fingerprint density at radius 1 is 1.71 bits per heavy atom. The van der Waals surface area contributed by atoms with Crippen LogP contribution in [0.3, 0.4) is 0 Å². The van der Waals surface area contributed by atoms with Crippen LogP contribution in [0.5, 0.6) is 0 Å². The van der Waals surface area contributed by atoms with Gasteiger partial charge in [0.15, 0.2) is 0 Å². The van der Waals surface area contributed by atoms with E-state index in [1.807, 2.05) is 12.3 Å². The molecule has 0 aliphatic carbocycles. The van der Waals surface area contributed by atoms with Crippen LogP contribution in [-0.4, -0.2) is 36.5 Å². The average molecular weight is 320 g/mol. The molecule has 2 heterocycles. The minimum atomic E-state index is -0.678.